The highest BCUT2D eigenvalue weighted by atomic mass is 32.2. The van der Waals surface area contributed by atoms with Crippen molar-refractivity contribution in [2.45, 2.75) is 51.3 Å². The fraction of sp³-hybridized carbons (Fsp3) is 0.381. The molecule has 140 valence electrons. The molecule has 4 nitrogen and oxygen atoms in total. The number of rotatable bonds is 5. The van der Waals surface area contributed by atoms with Crippen LogP contribution in [0.2, 0.25) is 0 Å². The molecule has 0 aromatic heterocycles. The minimum Gasteiger partial charge on any atom is -0.268 e. The first-order valence-electron chi connectivity index (χ1n) is 8.63. The predicted octanol–water partition coefficient (Wildman–Crippen LogP) is 4.52. The molecule has 0 aliphatic carbocycles. The Bertz CT molecular complexity index is 862. The number of carbonyl (C=O) groups is 1. The van der Waals surface area contributed by atoms with Crippen LogP contribution in [0.5, 0.6) is 0 Å². The summed E-state index contributed by atoms with van der Waals surface area (Å²) < 4.78 is 26.7. The lowest BCUT2D eigenvalue weighted by Crippen LogP contribution is -2.30. The van der Waals surface area contributed by atoms with Gasteiger partial charge < -0.3 is 0 Å². The molecule has 5 heteroatoms. The second kappa shape index (κ2) is 7.23. The number of hydrogen-bond acceptors (Lipinski definition) is 3. The molecule has 0 saturated carbocycles. The van der Waals surface area contributed by atoms with Gasteiger partial charge in [-0.2, -0.15) is 0 Å². The van der Waals surface area contributed by atoms with Crippen molar-refractivity contribution in [3.8, 4) is 0 Å². The van der Waals surface area contributed by atoms with Gasteiger partial charge in [0.2, 0.25) is 0 Å². The molecule has 2 aromatic carbocycles. The van der Waals surface area contributed by atoms with E-state index < -0.39 is 15.9 Å². The molecule has 2 aromatic rings. The molecule has 1 N–H and O–H groups in total. The van der Waals surface area contributed by atoms with E-state index in [0.717, 1.165) is 12.0 Å². The third-order valence-electron chi connectivity index (χ3n) is 4.18. The van der Waals surface area contributed by atoms with Crippen molar-refractivity contribution in [3.63, 3.8) is 0 Å². The standard InChI is InChI=1S/C21H27NO3S/c1-20(2,3)15-21(4,5)17-13-11-16(12-14-17)19(23)22-26(24,25)18-9-7-6-8-10-18/h6-14H,15H2,1-5H3,(H,22,23). The maximum Gasteiger partial charge on any atom is 0.264 e. The van der Waals surface area contributed by atoms with Gasteiger partial charge in [0.1, 0.15) is 0 Å². The minimum absolute atomic E-state index is 0.0383. The van der Waals surface area contributed by atoms with Crippen LogP contribution in [0, 0.1) is 5.41 Å². The molecule has 0 radical (unpaired) electrons. The maximum atomic E-state index is 12.3. The molecule has 26 heavy (non-hydrogen) atoms. The number of amides is 1. The van der Waals surface area contributed by atoms with Crippen molar-refractivity contribution in [3.05, 3.63) is 65.7 Å². The summed E-state index contributed by atoms with van der Waals surface area (Å²) in [6.45, 7) is 10.9. The summed E-state index contributed by atoms with van der Waals surface area (Å²) in [4.78, 5) is 12.4. The molecule has 0 saturated heterocycles. The Hall–Kier alpha value is -2.14. The highest BCUT2D eigenvalue weighted by Gasteiger charge is 2.27. The second-order valence-corrected chi connectivity index (χ2v) is 10.1. The van der Waals surface area contributed by atoms with E-state index in [9.17, 15) is 13.2 Å². The first-order valence-corrected chi connectivity index (χ1v) is 10.1. The zero-order valence-corrected chi connectivity index (χ0v) is 16.9. The summed E-state index contributed by atoms with van der Waals surface area (Å²) in [6.07, 6.45) is 0.994. The van der Waals surface area contributed by atoms with Crippen LogP contribution in [0.15, 0.2) is 59.5 Å². The Kier molecular flexibility index (Phi) is 5.61. The molecule has 0 aliphatic heterocycles. The number of sulfonamides is 1. The quantitative estimate of drug-likeness (QED) is 0.838. The van der Waals surface area contributed by atoms with E-state index in [4.69, 9.17) is 0 Å². The predicted molar refractivity (Wildman–Crippen MR) is 105 cm³/mol. The number of benzene rings is 2. The summed E-state index contributed by atoms with van der Waals surface area (Å²) in [6, 6.07) is 15.0. The van der Waals surface area contributed by atoms with Crippen LogP contribution < -0.4 is 4.72 Å². The van der Waals surface area contributed by atoms with Crippen LogP contribution in [-0.4, -0.2) is 14.3 Å². The Morgan fingerprint density at radius 1 is 0.885 bits per heavy atom. The maximum absolute atomic E-state index is 12.3. The summed E-state index contributed by atoms with van der Waals surface area (Å²) in [5, 5.41) is 0. The monoisotopic (exact) mass is 373 g/mol. The minimum atomic E-state index is -3.87. The number of hydrogen-bond donors (Lipinski definition) is 1. The van der Waals surface area contributed by atoms with Crippen molar-refractivity contribution in [2.75, 3.05) is 0 Å². The van der Waals surface area contributed by atoms with Gasteiger partial charge in [0.15, 0.2) is 0 Å². The van der Waals surface area contributed by atoms with Gasteiger partial charge in [0.05, 0.1) is 4.90 Å². The van der Waals surface area contributed by atoms with Gasteiger partial charge in [-0.25, -0.2) is 13.1 Å². The van der Waals surface area contributed by atoms with E-state index in [1.807, 2.05) is 12.1 Å². The Balaban J connectivity index is 2.17. The third-order valence-corrected chi connectivity index (χ3v) is 5.53. The molecule has 0 atom stereocenters. The van der Waals surface area contributed by atoms with Crippen molar-refractivity contribution in [1.29, 1.82) is 0 Å². The molecule has 2 rings (SSSR count). The van der Waals surface area contributed by atoms with E-state index >= 15 is 0 Å². The fourth-order valence-electron chi connectivity index (χ4n) is 3.34. The Morgan fingerprint density at radius 3 is 1.92 bits per heavy atom. The molecule has 0 aliphatic rings. The van der Waals surface area contributed by atoms with Crippen LogP contribution in [0.25, 0.3) is 0 Å². The lowest BCUT2D eigenvalue weighted by atomic mass is 9.72. The normalized spacial score (nSPS) is 12.7. The topological polar surface area (TPSA) is 63.2 Å². The zero-order valence-electron chi connectivity index (χ0n) is 16.0. The number of carbonyl (C=O) groups excluding carboxylic acids is 1. The smallest absolute Gasteiger partial charge is 0.264 e. The van der Waals surface area contributed by atoms with Crippen molar-refractivity contribution >= 4 is 15.9 Å². The molecular weight excluding hydrogens is 346 g/mol. The average Bonchev–Trinajstić information content (AvgIpc) is 2.53. The van der Waals surface area contributed by atoms with Gasteiger partial charge in [-0.3, -0.25) is 4.79 Å². The lowest BCUT2D eigenvalue weighted by molar-refractivity contribution is 0.0981. The van der Waals surface area contributed by atoms with Gasteiger partial charge in [-0.05, 0) is 47.1 Å². The fourth-order valence-corrected chi connectivity index (χ4v) is 4.34. The zero-order chi connectivity index (χ0) is 19.6. The van der Waals surface area contributed by atoms with Crippen LogP contribution in [-0.2, 0) is 15.4 Å². The van der Waals surface area contributed by atoms with E-state index in [0.29, 0.717) is 5.56 Å². The molecule has 0 heterocycles. The lowest BCUT2D eigenvalue weighted by Gasteiger charge is -2.33. The van der Waals surface area contributed by atoms with Crippen molar-refractivity contribution in [1.82, 2.24) is 4.72 Å². The van der Waals surface area contributed by atoms with Gasteiger partial charge >= 0.3 is 0 Å². The van der Waals surface area contributed by atoms with Crippen LogP contribution in [0.3, 0.4) is 0 Å². The van der Waals surface area contributed by atoms with Crippen LogP contribution in [0.1, 0.15) is 57.0 Å². The molecule has 1 amide bonds. The summed E-state index contributed by atoms with van der Waals surface area (Å²) >= 11 is 0. The van der Waals surface area contributed by atoms with Gasteiger partial charge in [0.25, 0.3) is 15.9 Å². The van der Waals surface area contributed by atoms with E-state index in [-0.39, 0.29) is 15.7 Å². The molecule has 0 spiro atoms. The second-order valence-electron chi connectivity index (χ2n) is 8.45. The molecule has 0 bridgehead atoms. The summed E-state index contributed by atoms with van der Waals surface area (Å²) in [7, 11) is -3.87. The highest BCUT2D eigenvalue weighted by molar-refractivity contribution is 7.90. The van der Waals surface area contributed by atoms with E-state index in [1.165, 1.54) is 12.1 Å². The molecule has 0 unspecified atom stereocenters. The Morgan fingerprint density at radius 2 is 1.42 bits per heavy atom. The first-order chi connectivity index (χ1) is 11.9. The SMILES string of the molecule is CC(C)(C)CC(C)(C)c1ccc(C(=O)NS(=O)(=O)c2ccccc2)cc1. The number of nitrogens with one attached hydrogen (secondary N) is 1. The van der Waals surface area contributed by atoms with Crippen molar-refractivity contribution in [2.24, 2.45) is 5.41 Å². The first kappa shape index (κ1) is 20.2. The molecular formula is C21H27NO3S. The molecule has 0 fully saturated rings. The van der Waals surface area contributed by atoms with E-state index in [1.54, 1.807) is 30.3 Å². The highest BCUT2D eigenvalue weighted by Crippen LogP contribution is 2.36. The van der Waals surface area contributed by atoms with Gasteiger partial charge in [-0.1, -0.05) is 65.0 Å². The van der Waals surface area contributed by atoms with Gasteiger partial charge in [0, 0.05) is 5.56 Å². The summed E-state index contributed by atoms with van der Waals surface area (Å²) in [5.74, 6) is -0.631. The van der Waals surface area contributed by atoms with Crippen LogP contribution in [0.4, 0.5) is 0 Å². The van der Waals surface area contributed by atoms with Gasteiger partial charge in [-0.15, -0.1) is 0 Å². The van der Waals surface area contributed by atoms with Crippen LogP contribution >= 0.6 is 0 Å². The average molecular weight is 374 g/mol. The third kappa shape index (κ3) is 5.18. The Labute approximate surface area is 156 Å². The van der Waals surface area contributed by atoms with Crippen molar-refractivity contribution < 1.29 is 13.2 Å². The van der Waals surface area contributed by atoms with E-state index in [2.05, 4.69) is 39.3 Å². The largest absolute Gasteiger partial charge is 0.268 e. The summed E-state index contributed by atoms with van der Waals surface area (Å²) in [5.41, 5.74) is 1.59.